The molecule has 0 N–H and O–H groups in total. The topological polar surface area (TPSA) is 68.2 Å². The summed E-state index contributed by atoms with van der Waals surface area (Å²) >= 11 is 6.21. The van der Waals surface area contributed by atoms with Crippen LogP contribution in [0.4, 0.5) is 5.82 Å². The van der Waals surface area contributed by atoms with Crippen molar-refractivity contribution in [2.24, 2.45) is 0 Å². The lowest BCUT2D eigenvalue weighted by Crippen LogP contribution is -2.44. The summed E-state index contributed by atoms with van der Waals surface area (Å²) < 4.78 is 18.2. The third kappa shape index (κ3) is 3.16. The van der Waals surface area contributed by atoms with Crippen molar-refractivity contribution in [1.29, 1.82) is 0 Å². The highest BCUT2D eigenvalue weighted by atomic mass is 35.5. The van der Waals surface area contributed by atoms with Crippen LogP contribution >= 0.6 is 11.6 Å². The van der Waals surface area contributed by atoms with E-state index in [9.17, 15) is 4.21 Å². The summed E-state index contributed by atoms with van der Waals surface area (Å²) in [6.45, 7) is 4.17. The number of pyridine rings is 1. The van der Waals surface area contributed by atoms with E-state index >= 15 is 0 Å². The highest BCUT2D eigenvalue weighted by Gasteiger charge is 2.58. The number of thiol groups is 1. The van der Waals surface area contributed by atoms with Gasteiger partial charge in [-0.1, -0.05) is 10.3 Å². The van der Waals surface area contributed by atoms with Crippen LogP contribution in [0.25, 0.3) is 0 Å². The van der Waals surface area contributed by atoms with Crippen LogP contribution in [-0.4, -0.2) is 40.8 Å². The predicted molar refractivity (Wildman–Crippen MR) is 97.5 cm³/mol. The first-order valence-electron chi connectivity index (χ1n) is 8.38. The molecule has 2 unspecified atom stereocenters. The summed E-state index contributed by atoms with van der Waals surface area (Å²) in [6, 6.07) is 7.65. The molecule has 1 saturated heterocycles. The number of rotatable bonds is 4. The molecule has 0 radical (unpaired) electrons. The molecule has 25 heavy (non-hydrogen) atoms. The highest BCUT2D eigenvalue weighted by molar-refractivity contribution is 7.86. The minimum absolute atomic E-state index is 0.196. The van der Waals surface area contributed by atoms with Crippen LogP contribution in [-0.2, 0) is 24.5 Å². The Morgan fingerprint density at radius 3 is 2.88 bits per heavy atom. The molecule has 0 bridgehead atoms. The van der Waals surface area contributed by atoms with E-state index < -0.39 is 15.5 Å². The third-order valence-electron chi connectivity index (χ3n) is 4.79. The van der Waals surface area contributed by atoms with Crippen molar-refractivity contribution in [2.75, 3.05) is 24.7 Å². The van der Waals surface area contributed by atoms with E-state index in [0.29, 0.717) is 18.2 Å². The molecule has 0 spiro atoms. The first-order chi connectivity index (χ1) is 12.1. The Kier molecular flexibility index (Phi) is 4.47. The molecule has 1 saturated carbocycles. The fraction of sp³-hybridized carbons (Fsp3) is 0.471. The Morgan fingerprint density at radius 1 is 1.36 bits per heavy atom. The summed E-state index contributed by atoms with van der Waals surface area (Å²) in [6.07, 6.45) is 3.32. The molecule has 1 aliphatic carbocycles. The number of nitrogens with zero attached hydrogens (tertiary/aromatic N) is 4. The summed E-state index contributed by atoms with van der Waals surface area (Å²) in [5, 5.41) is 0.813. The van der Waals surface area contributed by atoms with Gasteiger partial charge in [0.1, 0.15) is 22.3 Å². The molecule has 2 aromatic heterocycles. The quantitative estimate of drug-likeness (QED) is 0.462. The first kappa shape index (κ1) is 16.9. The van der Waals surface area contributed by atoms with Crippen molar-refractivity contribution in [3.63, 3.8) is 0 Å². The van der Waals surface area contributed by atoms with E-state index in [1.54, 1.807) is 6.20 Å². The van der Waals surface area contributed by atoms with Gasteiger partial charge >= 0.3 is 0 Å². The second-order valence-electron chi connectivity index (χ2n) is 6.51. The predicted octanol–water partition coefficient (Wildman–Crippen LogP) is 2.49. The van der Waals surface area contributed by atoms with Gasteiger partial charge in [0.2, 0.25) is 10.3 Å². The fourth-order valence-corrected chi connectivity index (χ4v) is 5.08. The maximum absolute atomic E-state index is 13.1. The molecule has 2 aromatic rings. The van der Waals surface area contributed by atoms with Gasteiger partial charge in [0, 0.05) is 37.7 Å². The van der Waals surface area contributed by atoms with Gasteiger partial charge in [-0.25, -0.2) is 15.0 Å². The number of morpholine rings is 1. The molecule has 0 amide bonds. The van der Waals surface area contributed by atoms with Gasteiger partial charge in [0.05, 0.1) is 19.3 Å². The number of hydrogen-bond acceptors (Lipinski definition) is 6. The maximum Gasteiger partial charge on any atom is 0.248 e. The van der Waals surface area contributed by atoms with Gasteiger partial charge in [0.15, 0.2) is 4.75 Å². The molecule has 2 atom stereocenters. The average Bonchev–Trinajstić information content (AvgIpc) is 3.44. The van der Waals surface area contributed by atoms with Crippen molar-refractivity contribution >= 4 is 28.2 Å². The van der Waals surface area contributed by atoms with E-state index in [-0.39, 0.29) is 11.3 Å². The van der Waals surface area contributed by atoms with Crippen LogP contribution in [0.2, 0.25) is 5.28 Å². The second kappa shape index (κ2) is 6.63. The molecular formula is C17H20ClN4O2S+. The molecular weight excluding hydrogens is 360 g/mol. The third-order valence-corrected chi connectivity index (χ3v) is 7.10. The van der Waals surface area contributed by atoms with E-state index in [1.807, 2.05) is 24.3 Å². The Labute approximate surface area is 154 Å². The molecule has 1 aliphatic heterocycles. The summed E-state index contributed by atoms with van der Waals surface area (Å²) in [7, 11) is -1.69. The fourth-order valence-electron chi connectivity index (χ4n) is 3.23. The molecule has 2 aliphatic rings. The standard InChI is InChI=1S/C17H19ClN4O2S/c1-12-11-24-9-8-22(12)14-10-13(20-16(18)21-14)17(5-6-17)25(23)15-4-2-3-7-19-15/h2-4,7,10,12H,5-6,8-9,11H2,1H3/p+1. The number of ether oxygens (including phenoxy) is 1. The van der Waals surface area contributed by atoms with Gasteiger partial charge in [0.25, 0.3) is 0 Å². The minimum atomic E-state index is -1.69. The van der Waals surface area contributed by atoms with Crippen molar-refractivity contribution in [3.8, 4) is 0 Å². The molecule has 6 nitrogen and oxygen atoms in total. The molecule has 0 aromatic carbocycles. The molecule has 132 valence electrons. The molecule has 3 heterocycles. The number of hydrogen-bond donors (Lipinski definition) is 0. The second-order valence-corrected chi connectivity index (χ2v) is 8.75. The van der Waals surface area contributed by atoms with E-state index in [4.69, 9.17) is 16.3 Å². The van der Waals surface area contributed by atoms with Crippen molar-refractivity contribution < 1.29 is 8.95 Å². The monoisotopic (exact) mass is 379 g/mol. The van der Waals surface area contributed by atoms with Crippen LogP contribution in [0, 0.1) is 0 Å². The van der Waals surface area contributed by atoms with Crippen molar-refractivity contribution in [1.82, 2.24) is 15.0 Å². The van der Waals surface area contributed by atoms with Gasteiger partial charge in [-0.3, -0.25) is 0 Å². The van der Waals surface area contributed by atoms with Gasteiger partial charge in [-0.2, -0.15) is 0 Å². The van der Waals surface area contributed by atoms with Crippen LogP contribution in [0.3, 0.4) is 0 Å². The normalized spacial score (nSPS) is 23.3. The number of anilines is 1. The Bertz CT molecular complexity index is 800. The SMILES string of the molecule is CC1COCCN1c1cc(C2([SH+](=O)c3ccccn3)CC2)nc(Cl)n1. The zero-order chi connectivity index (χ0) is 17.4. The van der Waals surface area contributed by atoms with Crippen molar-refractivity contribution in [2.45, 2.75) is 35.6 Å². The Morgan fingerprint density at radius 2 is 2.20 bits per heavy atom. The Hall–Kier alpha value is -1.57. The molecule has 8 heteroatoms. The molecule has 2 fully saturated rings. The van der Waals surface area contributed by atoms with Crippen LogP contribution in [0.15, 0.2) is 35.5 Å². The first-order valence-corrected chi connectivity index (χ1v) is 10.0. The number of aromatic nitrogens is 3. The van der Waals surface area contributed by atoms with Crippen molar-refractivity contribution in [3.05, 3.63) is 41.4 Å². The zero-order valence-electron chi connectivity index (χ0n) is 13.9. The van der Waals surface area contributed by atoms with Gasteiger partial charge in [-0.05, 0) is 24.6 Å². The summed E-state index contributed by atoms with van der Waals surface area (Å²) in [4.78, 5) is 15.3. The van der Waals surface area contributed by atoms with E-state index in [1.165, 1.54) is 0 Å². The van der Waals surface area contributed by atoms with Crippen LogP contribution < -0.4 is 4.90 Å². The average molecular weight is 380 g/mol. The van der Waals surface area contributed by atoms with Gasteiger partial charge in [-0.15, -0.1) is 0 Å². The minimum Gasteiger partial charge on any atom is -0.377 e. The Balaban J connectivity index is 1.70. The highest BCUT2D eigenvalue weighted by Crippen LogP contribution is 2.52. The zero-order valence-corrected chi connectivity index (χ0v) is 15.6. The van der Waals surface area contributed by atoms with E-state index in [2.05, 4.69) is 26.8 Å². The van der Waals surface area contributed by atoms with Crippen LogP contribution in [0.5, 0.6) is 0 Å². The maximum atomic E-state index is 13.1. The lowest BCUT2D eigenvalue weighted by atomic mass is 10.2. The smallest absolute Gasteiger partial charge is 0.248 e. The van der Waals surface area contributed by atoms with Crippen LogP contribution in [0.1, 0.15) is 25.5 Å². The summed E-state index contributed by atoms with van der Waals surface area (Å²) in [5.41, 5.74) is 0.757. The largest absolute Gasteiger partial charge is 0.377 e. The summed E-state index contributed by atoms with van der Waals surface area (Å²) in [5.74, 6) is 0.779. The van der Waals surface area contributed by atoms with E-state index in [0.717, 1.165) is 30.9 Å². The molecule has 4 rings (SSSR count). The number of halogens is 1. The lowest BCUT2D eigenvalue weighted by molar-refractivity contribution is 0.0985. The lowest BCUT2D eigenvalue weighted by Gasteiger charge is -2.34. The van der Waals surface area contributed by atoms with Gasteiger partial charge < -0.3 is 9.64 Å².